The zero-order valence-electron chi connectivity index (χ0n) is 36.7. The number of rotatable bonds is 32. The van der Waals surface area contributed by atoms with Crippen LogP contribution in [-0.2, 0) is 43.0 Å². The first-order valence-electron chi connectivity index (χ1n) is 19.5. The van der Waals surface area contributed by atoms with E-state index in [1.807, 2.05) is 0 Å². The Kier molecular flexibility index (Phi) is 24.2. The second kappa shape index (κ2) is 23.5. The highest BCUT2D eigenvalue weighted by atomic mass is 28.5. The van der Waals surface area contributed by atoms with Crippen LogP contribution in [0.15, 0.2) is 0 Å². The molecular formula is C33H84O10Si8. The Morgan fingerprint density at radius 2 is 0.549 bits per heavy atom. The Balaban J connectivity index is 6.57. The summed E-state index contributed by atoms with van der Waals surface area (Å²) in [5.41, 5.74) is 0. The highest BCUT2D eigenvalue weighted by Gasteiger charge is 2.52. The average molecular weight is 866 g/mol. The predicted molar refractivity (Wildman–Crippen MR) is 233 cm³/mol. The standard InChI is InChI=1S/C33H84O10Si8/c1-34-28-22-19-25-31-49(16,38-45(7,8)9)42-51(18,33-27-21-24-30-36-3)43-50(17,32-26-20-23-29-35-2)41-48(14,15)40-47(12,13)39-46(10,11)37-44(4,5)6/h19-33H2,1-18H3. The van der Waals surface area contributed by atoms with Crippen molar-refractivity contribution in [3.63, 3.8) is 0 Å². The van der Waals surface area contributed by atoms with Crippen LogP contribution in [0.1, 0.15) is 57.8 Å². The van der Waals surface area contributed by atoms with E-state index in [1.165, 1.54) is 0 Å². The third-order valence-corrected chi connectivity index (χ3v) is 38.7. The van der Waals surface area contributed by atoms with Gasteiger partial charge in [-0.15, -0.1) is 0 Å². The van der Waals surface area contributed by atoms with Gasteiger partial charge in [0.15, 0.2) is 16.6 Å². The van der Waals surface area contributed by atoms with Crippen molar-refractivity contribution in [1.82, 2.24) is 0 Å². The fourth-order valence-electron chi connectivity index (χ4n) is 7.04. The van der Waals surface area contributed by atoms with Crippen molar-refractivity contribution in [2.24, 2.45) is 0 Å². The van der Waals surface area contributed by atoms with Crippen LogP contribution in [0.2, 0.25) is 116 Å². The number of hydrogen-bond donors (Lipinski definition) is 0. The normalized spacial score (nSPS) is 17.3. The zero-order valence-corrected chi connectivity index (χ0v) is 44.7. The van der Waals surface area contributed by atoms with Gasteiger partial charge in [0.1, 0.15) is 0 Å². The van der Waals surface area contributed by atoms with E-state index in [0.717, 1.165) is 95.7 Å². The fraction of sp³-hybridized carbons (Fsp3) is 1.00. The third-order valence-electron chi connectivity index (χ3n) is 7.82. The van der Waals surface area contributed by atoms with Gasteiger partial charge >= 0.3 is 51.4 Å². The molecule has 0 aromatic carbocycles. The number of unbranched alkanes of at least 4 members (excludes halogenated alkanes) is 6. The van der Waals surface area contributed by atoms with Gasteiger partial charge in [-0.3, -0.25) is 0 Å². The monoisotopic (exact) mass is 864 g/mol. The summed E-state index contributed by atoms with van der Waals surface area (Å²) in [5, 5.41) is 0. The van der Waals surface area contributed by atoms with Crippen LogP contribution in [-0.4, -0.2) is 109 Å². The van der Waals surface area contributed by atoms with Crippen LogP contribution in [0.4, 0.5) is 0 Å². The largest absolute Gasteiger partial charge is 0.437 e. The Morgan fingerprint density at radius 3 is 0.863 bits per heavy atom. The van der Waals surface area contributed by atoms with Crippen molar-refractivity contribution >= 4 is 68.0 Å². The molecular weight excluding hydrogens is 781 g/mol. The SMILES string of the molecule is COCCCCC[Si](C)(O[Si](C)(C)C)O[Si](C)(CCCCCOC)O[Si](C)(CCCCCOC)O[Si](C)(C)O[Si](C)(C)O[Si](C)(C)O[Si](C)(C)C. The summed E-state index contributed by atoms with van der Waals surface area (Å²) in [6.07, 6.45) is 9.43. The van der Waals surface area contributed by atoms with E-state index in [1.54, 1.807) is 21.3 Å². The van der Waals surface area contributed by atoms with Crippen molar-refractivity contribution in [3.05, 3.63) is 0 Å². The molecule has 3 atom stereocenters. The molecule has 0 amide bonds. The number of methoxy groups -OCH3 is 3. The molecule has 51 heavy (non-hydrogen) atoms. The van der Waals surface area contributed by atoms with Crippen molar-refractivity contribution < 1.29 is 43.0 Å². The molecule has 0 heterocycles. The Bertz CT molecular complexity index is 938. The lowest BCUT2D eigenvalue weighted by molar-refractivity contribution is 0.191. The second-order valence-corrected chi connectivity index (χ2v) is 48.8. The summed E-state index contributed by atoms with van der Waals surface area (Å²) in [6, 6.07) is 2.72. The molecule has 308 valence electrons. The van der Waals surface area contributed by atoms with E-state index < -0.39 is 68.0 Å². The molecule has 0 radical (unpaired) electrons. The summed E-state index contributed by atoms with van der Waals surface area (Å²) >= 11 is 0. The first-order valence-corrected chi connectivity index (χ1v) is 42.3. The molecule has 0 fully saturated rings. The van der Waals surface area contributed by atoms with E-state index in [-0.39, 0.29) is 0 Å². The average Bonchev–Trinajstić information content (AvgIpc) is 2.88. The predicted octanol–water partition coefficient (Wildman–Crippen LogP) is 10.5. The molecule has 0 N–H and O–H groups in total. The molecule has 0 saturated heterocycles. The minimum Gasteiger partial charge on any atom is -0.437 e. The minimum atomic E-state index is -2.84. The molecule has 18 heteroatoms. The van der Waals surface area contributed by atoms with Gasteiger partial charge in [0.05, 0.1) is 0 Å². The quantitative estimate of drug-likeness (QED) is 0.0481. The molecule has 0 aliphatic heterocycles. The lowest BCUT2D eigenvalue weighted by atomic mass is 10.3. The van der Waals surface area contributed by atoms with Gasteiger partial charge in [0.2, 0.25) is 0 Å². The number of hydrogen-bond acceptors (Lipinski definition) is 10. The van der Waals surface area contributed by atoms with Crippen molar-refractivity contribution in [3.8, 4) is 0 Å². The molecule has 0 saturated carbocycles. The molecule has 0 aromatic heterocycles. The molecule has 0 spiro atoms. The minimum absolute atomic E-state index is 0.763. The van der Waals surface area contributed by atoms with Gasteiger partial charge in [-0.2, -0.15) is 0 Å². The highest BCUT2D eigenvalue weighted by Crippen LogP contribution is 2.35. The van der Waals surface area contributed by atoms with E-state index >= 15 is 0 Å². The van der Waals surface area contributed by atoms with Gasteiger partial charge in [-0.25, -0.2) is 0 Å². The van der Waals surface area contributed by atoms with Crippen molar-refractivity contribution in [2.45, 2.75) is 174 Å². The fourth-order valence-corrected chi connectivity index (χ4v) is 47.4. The van der Waals surface area contributed by atoms with E-state index in [9.17, 15) is 0 Å². The van der Waals surface area contributed by atoms with Gasteiger partial charge in [0, 0.05) is 41.2 Å². The summed E-state index contributed by atoms with van der Waals surface area (Å²) in [5.74, 6) is 0. The summed E-state index contributed by atoms with van der Waals surface area (Å²) < 4.78 is 65.8. The van der Waals surface area contributed by atoms with Crippen molar-refractivity contribution in [2.75, 3.05) is 41.2 Å². The van der Waals surface area contributed by atoms with Crippen LogP contribution in [0.3, 0.4) is 0 Å². The van der Waals surface area contributed by atoms with Crippen LogP contribution in [0, 0.1) is 0 Å². The molecule has 0 aliphatic rings. The molecule has 0 rings (SSSR count). The van der Waals surface area contributed by atoms with Crippen molar-refractivity contribution in [1.29, 1.82) is 0 Å². The van der Waals surface area contributed by atoms with Crippen LogP contribution < -0.4 is 0 Å². The second-order valence-electron chi connectivity index (χ2n) is 18.0. The van der Waals surface area contributed by atoms with Crippen LogP contribution in [0.5, 0.6) is 0 Å². The van der Waals surface area contributed by atoms with E-state index in [4.69, 9.17) is 43.0 Å². The summed E-state index contributed by atoms with van der Waals surface area (Å²) in [4.78, 5) is 0. The van der Waals surface area contributed by atoms with E-state index in [2.05, 4.69) is 98.2 Å². The van der Waals surface area contributed by atoms with Gasteiger partial charge < -0.3 is 43.0 Å². The maximum Gasteiger partial charge on any atom is 0.317 e. The molecule has 0 aliphatic carbocycles. The zero-order chi connectivity index (χ0) is 39.7. The smallest absolute Gasteiger partial charge is 0.317 e. The topological polar surface area (TPSA) is 92.3 Å². The lowest BCUT2D eigenvalue weighted by Crippen LogP contribution is -2.63. The van der Waals surface area contributed by atoms with Crippen LogP contribution >= 0.6 is 0 Å². The Hall–Kier alpha value is 1.34. The maximum atomic E-state index is 7.55. The Morgan fingerprint density at radius 1 is 0.275 bits per heavy atom. The van der Waals surface area contributed by atoms with Gasteiger partial charge in [-0.05, 0) is 136 Å². The lowest BCUT2D eigenvalue weighted by Gasteiger charge is -2.46. The first kappa shape index (κ1) is 52.3. The molecule has 0 bridgehead atoms. The van der Waals surface area contributed by atoms with Crippen LogP contribution in [0.25, 0.3) is 0 Å². The summed E-state index contributed by atoms with van der Waals surface area (Å²) in [6.45, 7) is 35.5. The molecule has 0 aromatic rings. The third kappa shape index (κ3) is 27.6. The van der Waals surface area contributed by atoms with Gasteiger partial charge in [0.25, 0.3) is 0 Å². The Labute approximate surface area is 324 Å². The maximum absolute atomic E-state index is 7.55. The number of ether oxygens (including phenoxy) is 3. The van der Waals surface area contributed by atoms with E-state index in [0.29, 0.717) is 0 Å². The first-order chi connectivity index (χ1) is 23.1. The molecule has 10 nitrogen and oxygen atoms in total. The van der Waals surface area contributed by atoms with Gasteiger partial charge in [-0.1, -0.05) is 38.5 Å². The highest BCUT2D eigenvalue weighted by molar-refractivity contribution is 6.93. The summed E-state index contributed by atoms with van der Waals surface area (Å²) in [7, 11) is -14.4. The molecule has 3 unspecified atom stereocenters.